The Hall–Kier alpha value is -4.92. The van der Waals surface area contributed by atoms with Crippen LogP contribution in [0.5, 0.6) is 11.5 Å². The first-order valence-electron chi connectivity index (χ1n) is 11.1. The monoisotopic (exact) mass is 483 g/mol. The Morgan fingerprint density at radius 2 is 2.06 bits per heavy atom. The molecule has 2 heterocycles. The minimum atomic E-state index is -0.237. The molecule has 0 bridgehead atoms. The van der Waals surface area contributed by atoms with E-state index in [4.69, 9.17) is 4.74 Å². The highest BCUT2D eigenvalue weighted by Gasteiger charge is 2.05. The molecule has 2 amide bonds. The maximum Gasteiger partial charge on any atom is 0.321 e. The number of nitrogens with zero attached hydrogens (tertiary/aromatic N) is 5. The summed E-state index contributed by atoms with van der Waals surface area (Å²) in [6, 6.07) is 9.26. The number of anilines is 1. The van der Waals surface area contributed by atoms with Gasteiger partial charge in [0.25, 0.3) is 0 Å². The van der Waals surface area contributed by atoms with Gasteiger partial charge in [-0.25, -0.2) is 19.8 Å². The number of amides is 2. The summed E-state index contributed by atoms with van der Waals surface area (Å²) in [6.07, 6.45) is 15.1. The summed E-state index contributed by atoms with van der Waals surface area (Å²) in [6.45, 7) is 9.51. The second-order valence-electron chi connectivity index (χ2n) is 7.79. The first kappa shape index (κ1) is 25.7. The molecule has 0 saturated carbocycles. The van der Waals surface area contributed by atoms with Crippen molar-refractivity contribution in [3.63, 3.8) is 0 Å². The Labute approximate surface area is 210 Å². The average molecular weight is 484 g/mol. The SMILES string of the molecule is C=C/C=C(\C=C/C=NC=NC(=C)Nc1ccc(Oc2ccn3ccnc3c2)c(C)c1)NC(=O)N(C)C. The minimum Gasteiger partial charge on any atom is -0.457 e. The zero-order valence-electron chi connectivity index (χ0n) is 20.5. The number of carbonyl (C=O) groups excluding carboxylic acids is 1. The van der Waals surface area contributed by atoms with Gasteiger partial charge in [-0.2, -0.15) is 0 Å². The van der Waals surface area contributed by atoms with Crippen LogP contribution >= 0.6 is 0 Å². The van der Waals surface area contributed by atoms with E-state index in [1.165, 1.54) is 11.2 Å². The van der Waals surface area contributed by atoms with Crippen LogP contribution in [0.3, 0.4) is 0 Å². The predicted molar refractivity (Wildman–Crippen MR) is 146 cm³/mol. The molecule has 0 aliphatic heterocycles. The molecule has 9 heteroatoms. The van der Waals surface area contributed by atoms with Gasteiger partial charge >= 0.3 is 6.03 Å². The molecule has 2 aromatic heterocycles. The van der Waals surface area contributed by atoms with Gasteiger partial charge in [-0.3, -0.25) is 0 Å². The summed E-state index contributed by atoms with van der Waals surface area (Å²) in [5.41, 5.74) is 3.18. The molecular formula is C27H29N7O2. The molecule has 0 radical (unpaired) electrons. The molecule has 0 fully saturated rings. The summed E-state index contributed by atoms with van der Waals surface area (Å²) >= 11 is 0. The normalized spacial score (nSPS) is 11.9. The number of aliphatic imine (C=N–C) groups is 2. The molecule has 9 nitrogen and oxygen atoms in total. The molecule has 3 rings (SSSR count). The van der Waals surface area contributed by atoms with Gasteiger partial charge in [0, 0.05) is 56.4 Å². The van der Waals surface area contributed by atoms with E-state index in [9.17, 15) is 4.79 Å². The van der Waals surface area contributed by atoms with Crippen LogP contribution in [-0.4, -0.2) is 47.0 Å². The first-order chi connectivity index (χ1) is 17.4. The number of fused-ring (bicyclic) bond motifs is 1. The fourth-order valence-electron chi connectivity index (χ4n) is 2.96. The van der Waals surface area contributed by atoms with Gasteiger partial charge in [0.05, 0.1) is 0 Å². The lowest BCUT2D eigenvalue weighted by molar-refractivity contribution is 0.220. The van der Waals surface area contributed by atoms with E-state index in [2.05, 4.69) is 38.8 Å². The first-order valence-corrected chi connectivity index (χ1v) is 11.1. The topological polar surface area (TPSA) is 95.6 Å². The summed E-state index contributed by atoms with van der Waals surface area (Å²) in [5, 5.41) is 5.87. The van der Waals surface area contributed by atoms with Crippen molar-refractivity contribution < 1.29 is 9.53 Å². The van der Waals surface area contributed by atoms with Crippen molar-refractivity contribution in [3.8, 4) is 11.5 Å². The molecule has 184 valence electrons. The van der Waals surface area contributed by atoms with Crippen LogP contribution in [0, 0.1) is 6.92 Å². The summed E-state index contributed by atoms with van der Waals surface area (Å²) in [4.78, 5) is 25.7. The zero-order chi connectivity index (χ0) is 25.9. The van der Waals surface area contributed by atoms with Gasteiger partial charge in [-0.05, 0) is 55.0 Å². The van der Waals surface area contributed by atoms with Gasteiger partial charge < -0.3 is 24.7 Å². The highest BCUT2D eigenvalue weighted by atomic mass is 16.5. The second-order valence-corrected chi connectivity index (χ2v) is 7.79. The van der Waals surface area contributed by atoms with Gasteiger partial charge in [0.2, 0.25) is 0 Å². The third-order valence-corrected chi connectivity index (χ3v) is 4.74. The number of aryl methyl sites for hydroxylation is 1. The number of urea groups is 1. The number of benzene rings is 1. The predicted octanol–water partition coefficient (Wildman–Crippen LogP) is 5.31. The number of aromatic nitrogens is 2. The van der Waals surface area contributed by atoms with E-state index in [-0.39, 0.29) is 6.03 Å². The molecule has 3 aromatic rings. The number of ether oxygens (including phenoxy) is 1. The zero-order valence-corrected chi connectivity index (χ0v) is 20.5. The molecular weight excluding hydrogens is 454 g/mol. The largest absolute Gasteiger partial charge is 0.457 e. The fourth-order valence-corrected chi connectivity index (χ4v) is 2.96. The molecule has 0 atom stereocenters. The van der Waals surface area contributed by atoms with E-state index in [0.717, 1.165) is 22.6 Å². The number of carbonyl (C=O) groups is 1. The summed E-state index contributed by atoms with van der Waals surface area (Å²) in [5.74, 6) is 1.89. The third kappa shape index (κ3) is 7.56. The third-order valence-electron chi connectivity index (χ3n) is 4.74. The van der Waals surface area contributed by atoms with E-state index in [1.54, 1.807) is 50.8 Å². The fraction of sp³-hybridized carbons (Fsp3) is 0.111. The van der Waals surface area contributed by atoms with Crippen molar-refractivity contribution >= 4 is 29.9 Å². The molecule has 0 unspecified atom stereocenters. The van der Waals surface area contributed by atoms with Crippen molar-refractivity contribution in [2.45, 2.75) is 6.92 Å². The lowest BCUT2D eigenvalue weighted by atomic mass is 10.2. The second kappa shape index (κ2) is 12.5. The van der Waals surface area contributed by atoms with Crippen molar-refractivity contribution in [2.24, 2.45) is 9.98 Å². The van der Waals surface area contributed by atoms with Gasteiger partial charge in [0.1, 0.15) is 29.3 Å². The Balaban J connectivity index is 1.52. The van der Waals surface area contributed by atoms with Crippen LogP contribution in [-0.2, 0) is 0 Å². The Morgan fingerprint density at radius 3 is 2.81 bits per heavy atom. The van der Waals surface area contributed by atoms with Gasteiger partial charge in [-0.1, -0.05) is 19.2 Å². The number of hydrogen-bond acceptors (Lipinski definition) is 5. The number of nitrogens with one attached hydrogen (secondary N) is 2. The van der Waals surface area contributed by atoms with Crippen LogP contribution in [0.2, 0.25) is 0 Å². The smallest absolute Gasteiger partial charge is 0.321 e. The Bertz CT molecular complexity index is 1360. The minimum absolute atomic E-state index is 0.237. The molecule has 0 aliphatic carbocycles. The van der Waals surface area contributed by atoms with E-state index in [1.807, 2.05) is 54.0 Å². The van der Waals surface area contributed by atoms with E-state index >= 15 is 0 Å². The van der Waals surface area contributed by atoms with Crippen molar-refractivity contribution in [1.29, 1.82) is 0 Å². The number of pyridine rings is 1. The standard InChI is InChI=1S/C27H29N7O2/c1-6-8-22(32-27(35)33(4)5)9-7-13-28-19-30-21(3)31-23-10-11-25(20(2)17-23)36-24-12-15-34-16-14-29-26(34)18-24/h6-19,31H,1,3H2,2,4-5H3,(H,32,35)/b9-7-,22-8+,28-13?,30-19?. The number of imidazole rings is 1. The molecule has 36 heavy (non-hydrogen) atoms. The summed E-state index contributed by atoms with van der Waals surface area (Å²) in [7, 11) is 3.33. The quantitative estimate of drug-likeness (QED) is 0.232. The number of rotatable bonds is 10. The molecule has 0 saturated heterocycles. The van der Waals surface area contributed by atoms with Crippen molar-refractivity contribution in [2.75, 3.05) is 19.4 Å². The molecule has 0 spiro atoms. The highest BCUT2D eigenvalue weighted by Crippen LogP contribution is 2.28. The summed E-state index contributed by atoms with van der Waals surface area (Å²) < 4.78 is 7.94. The van der Waals surface area contributed by atoms with Crippen molar-refractivity contribution in [1.82, 2.24) is 19.6 Å². The lowest BCUT2D eigenvalue weighted by Crippen LogP contribution is -2.33. The van der Waals surface area contributed by atoms with Crippen molar-refractivity contribution in [3.05, 3.63) is 103 Å². The van der Waals surface area contributed by atoms with Gasteiger partial charge in [0.15, 0.2) is 0 Å². The van der Waals surface area contributed by atoms with E-state index in [0.29, 0.717) is 17.3 Å². The molecule has 1 aromatic carbocycles. The molecule has 0 aliphatic rings. The average Bonchev–Trinajstić information content (AvgIpc) is 3.31. The maximum atomic E-state index is 11.8. The van der Waals surface area contributed by atoms with Crippen LogP contribution in [0.4, 0.5) is 10.5 Å². The van der Waals surface area contributed by atoms with Crippen LogP contribution in [0.1, 0.15) is 5.56 Å². The van der Waals surface area contributed by atoms with Crippen LogP contribution in [0.25, 0.3) is 5.65 Å². The van der Waals surface area contributed by atoms with Crippen LogP contribution < -0.4 is 15.4 Å². The van der Waals surface area contributed by atoms with Crippen LogP contribution in [0.15, 0.2) is 108 Å². The van der Waals surface area contributed by atoms with Gasteiger partial charge in [-0.15, -0.1) is 0 Å². The van der Waals surface area contributed by atoms with E-state index < -0.39 is 0 Å². The highest BCUT2D eigenvalue weighted by molar-refractivity contribution is 5.81. The Kier molecular flexibility index (Phi) is 8.94. The number of hydrogen-bond donors (Lipinski definition) is 2. The lowest BCUT2D eigenvalue weighted by Gasteiger charge is -2.12. The Morgan fingerprint density at radius 1 is 1.22 bits per heavy atom. The maximum absolute atomic E-state index is 11.8. The molecule has 2 N–H and O–H groups in total. The number of allylic oxidation sites excluding steroid dienone is 4.